The fraction of sp³-hybridized carbons (Fsp3) is 0.364. The molecule has 0 aromatic heterocycles. The maximum absolute atomic E-state index is 11.3. The van der Waals surface area contributed by atoms with Gasteiger partial charge in [-0.1, -0.05) is 23.7 Å². The molecule has 0 unspecified atom stereocenters. The van der Waals surface area contributed by atoms with Crippen LogP contribution in [0.5, 0.6) is 0 Å². The minimum absolute atomic E-state index is 0.0707. The highest BCUT2D eigenvalue weighted by molar-refractivity contribution is 6.30. The number of Topliss-reactive ketones (excluding diaryl/α,β-unsaturated/α-hetero) is 1. The first kappa shape index (κ1) is 11.2. The van der Waals surface area contributed by atoms with E-state index in [1.807, 2.05) is 12.1 Å². The maximum atomic E-state index is 11.3. The molecule has 1 aromatic carbocycles. The Hall–Kier alpha value is -0.860. The summed E-state index contributed by atoms with van der Waals surface area (Å²) >= 11 is 5.78. The van der Waals surface area contributed by atoms with Gasteiger partial charge >= 0.3 is 0 Å². The molecule has 76 valence electrons. The molecule has 0 heterocycles. The Morgan fingerprint density at radius 1 is 1.43 bits per heavy atom. The monoisotopic (exact) mass is 212 g/mol. The predicted molar refractivity (Wildman–Crippen MR) is 56.5 cm³/mol. The summed E-state index contributed by atoms with van der Waals surface area (Å²) in [4.78, 5) is 11.3. The third kappa shape index (κ3) is 3.90. The van der Waals surface area contributed by atoms with Gasteiger partial charge in [0.25, 0.3) is 0 Å². The van der Waals surface area contributed by atoms with E-state index >= 15 is 0 Å². The third-order valence-corrected chi connectivity index (χ3v) is 2.14. The zero-order chi connectivity index (χ0) is 10.4. The third-order valence-electron chi connectivity index (χ3n) is 1.90. The molecule has 3 heteroatoms. The molecule has 1 N–H and O–H groups in total. The van der Waals surface area contributed by atoms with Crippen molar-refractivity contribution in [3.05, 3.63) is 34.9 Å². The molecule has 0 radical (unpaired) electrons. The van der Waals surface area contributed by atoms with Gasteiger partial charge in [0.05, 0.1) is 0 Å². The maximum Gasteiger partial charge on any atom is 0.137 e. The van der Waals surface area contributed by atoms with Crippen molar-refractivity contribution < 1.29 is 9.90 Å². The van der Waals surface area contributed by atoms with Gasteiger partial charge in [-0.15, -0.1) is 0 Å². The molecule has 0 saturated carbocycles. The summed E-state index contributed by atoms with van der Waals surface area (Å²) in [5.74, 6) is 0.140. The number of carbonyl (C=O) groups is 1. The van der Waals surface area contributed by atoms with Crippen LogP contribution in [0, 0.1) is 0 Å². The van der Waals surface area contributed by atoms with Gasteiger partial charge in [0.15, 0.2) is 0 Å². The molecule has 0 spiro atoms. The lowest BCUT2D eigenvalue weighted by Gasteiger charge is -2.00. The van der Waals surface area contributed by atoms with E-state index in [4.69, 9.17) is 16.7 Å². The van der Waals surface area contributed by atoms with Crippen LogP contribution in [0.2, 0.25) is 5.02 Å². The molecule has 0 amide bonds. The van der Waals surface area contributed by atoms with Crippen LogP contribution in [0.1, 0.15) is 18.4 Å². The first-order chi connectivity index (χ1) is 6.72. The summed E-state index contributed by atoms with van der Waals surface area (Å²) in [5.41, 5.74) is 0.931. The molecule has 0 aliphatic carbocycles. The van der Waals surface area contributed by atoms with Gasteiger partial charge in [-0.25, -0.2) is 0 Å². The first-order valence-corrected chi connectivity index (χ1v) is 4.97. The van der Waals surface area contributed by atoms with Crippen molar-refractivity contribution in [2.75, 3.05) is 6.61 Å². The Morgan fingerprint density at radius 2 is 2.21 bits per heavy atom. The summed E-state index contributed by atoms with van der Waals surface area (Å²) in [6, 6.07) is 7.28. The van der Waals surface area contributed by atoms with E-state index in [0.29, 0.717) is 24.3 Å². The van der Waals surface area contributed by atoms with Gasteiger partial charge < -0.3 is 5.11 Å². The predicted octanol–water partition coefficient (Wildman–Crippen LogP) is 2.22. The zero-order valence-corrected chi connectivity index (χ0v) is 8.63. The number of carbonyl (C=O) groups excluding carboxylic acids is 1. The SMILES string of the molecule is O=C(CCCO)Cc1cccc(Cl)c1. The second kappa shape index (κ2) is 5.78. The average molecular weight is 213 g/mol. The van der Waals surface area contributed by atoms with Crippen LogP contribution in [0.25, 0.3) is 0 Å². The number of hydrogen-bond donors (Lipinski definition) is 1. The van der Waals surface area contributed by atoms with Gasteiger partial charge in [0.1, 0.15) is 5.78 Å². The fourth-order valence-corrected chi connectivity index (χ4v) is 1.45. The first-order valence-electron chi connectivity index (χ1n) is 4.59. The molecule has 0 aliphatic heterocycles. The largest absolute Gasteiger partial charge is 0.396 e. The van der Waals surface area contributed by atoms with E-state index in [1.54, 1.807) is 12.1 Å². The normalized spacial score (nSPS) is 10.1. The Labute approximate surface area is 88.5 Å². The second-order valence-electron chi connectivity index (χ2n) is 3.17. The van der Waals surface area contributed by atoms with Crippen molar-refractivity contribution in [3.8, 4) is 0 Å². The van der Waals surface area contributed by atoms with Crippen LogP contribution in [0.4, 0.5) is 0 Å². The lowest BCUT2D eigenvalue weighted by Crippen LogP contribution is -2.03. The van der Waals surface area contributed by atoms with Crippen LogP contribution in [-0.4, -0.2) is 17.5 Å². The van der Waals surface area contributed by atoms with Gasteiger partial charge in [0, 0.05) is 24.5 Å². The molecule has 0 fully saturated rings. The van der Waals surface area contributed by atoms with Gasteiger partial charge in [-0.05, 0) is 24.1 Å². The number of hydrogen-bond acceptors (Lipinski definition) is 2. The fourth-order valence-electron chi connectivity index (χ4n) is 1.24. The zero-order valence-electron chi connectivity index (χ0n) is 7.87. The molecule has 2 nitrogen and oxygen atoms in total. The van der Waals surface area contributed by atoms with Crippen molar-refractivity contribution in [1.82, 2.24) is 0 Å². The number of halogens is 1. The number of ketones is 1. The molecule has 0 bridgehead atoms. The van der Waals surface area contributed by atoms with Crippen molar-refractivity contribution >= 4 is 17.4 Å². The van der Waals surface area contributed by atoms with Crippen molar-refractivity contribution in [1.29, 1.82) is 0 Å². The summed E-state index contributed by atoms with van der Waals surface area (Å²) in [6.45, 7) is 0.0707. The number of benzene rings is 1. The molecule has 0 atom stereocenters. The van der Waals surface area contributed by atoms with Gasteiger partial charge in [-0.3, -0.25) is 4.79 Å². The topological polar surface area (TPSA) is 37.3 Å². The minimum atomic E-state index is 0.0707. The van der Waals surface area contributed by atoms with Gasteiger partial charge in [0.2, 0.25) is 0 Å². The van der Waals surface area contributed by atoms with Crippen LogP contribution in [0.3, 0.4) is 0 Å². The Balaban J connectivity index is 2.47. The second-order valence-corrected chi connectivity index (χ2v) is 3.61. The molecule has 0 aliphatic rings. The van der Waals surface area contributed by atoms with Crippen molar-refractivity contribution in [2.45, 2.75) is 19.3 Å². The molecule has 0 saturated heterocycles. The van der Waals surface area contributed by atoms with E-state index in [1.165, 1.54) is 0 Å². The summed E-state index contributed by atoms with van der Waals surface area (Å²) in [6.07, 6.45) is 1.38. The van der Waals surface area contributed by atoms with E-state index in [9.17, 15) is 4.79 Å². The van der Waals surface area contributed by atoms with Crippen molar-refractivity contribution in [2.24, 2.45) is 0 Å². The Morgan fingerprint density at radius 3 is 2.86 bits per heavy atom. The average Bonchev–Trinajstić information content (AvgIpc) is 2.15. The standard InChI is InChI=1S/C11H13ClO2/c12-10-4-1-3-9(7-10)8-11(14)5-2-6-13/h1,3-4,7,13H,2,5-6,8H2. The minimum Gasteiger partial charge on any atom is -0.396 e. The highest BCUT2D eigenvalue weighted by atomic mass is 35.5. The van der Waals surface area contributed by atoms with Crippen LogP contribution < -0.4 is 0 Å². The van der Waals surface area contributed by atoms with E-state index in [-0.39, 0.29) is 12.4 Å². The molecule has 1 aromatic rings. The summed E-state index contributed by atoms with van der Waals surface area (Å²) in [7, 11) is 0. The van der Waals surface area contributed by atoms with Crippen LogP contribution in [0.15, 0.2) is 24.3 Å². The molecule has 14 heavy (non-hydrogen) atoms. The molecular weight excluding hydrogens is 200 g/mol. The quantitative estimate of drug-likeness (QED) is 0.813. The number of aliphatic hydroxyl groups is 1. The number of aliphatic hydroxyl groups excluding tert-OH is 1. The Kier molecular flexibility index (Phi) is 4.63. The summed E-state index contributed by atoms with van der Waals surface area (Å²) in [5, 5.41) is 9.20. The summed E-state index contributed by atoms with van der Waals surface area (Å²) < 4.78 is 0. The highest BCUT2D eigenvalue weighted by Crippen LogP contribution is 2.11. The van der Waals surface area contributed by atoms with Crippen LogP contribution in [-0.2, 0) is 11.2 Å². The lowest BCUT2D eigenvalue weighted by molar-refractivity contribution is -0.118. The van der Waals surface area contributed by atoms with Crippen LogP contribution >= 0.6 is 11.6 Å². The van der Waals surface area contributed by atoms with Gasteiger partial charge in [-0.2, -0.15) is 0 Å². The Bertz CT molecular complexity index is 310. The van der Waals surface area contributed by atoms with E-state index in [2.05, 4.69) is 0 Å². The molecular formula is C11H13ClO2. The number of rotatable bonds is 5. The van der Waals surface area contributed by atoms with E-state index in [0.717, 1.165) is 5.56 Å². The lowest BCUT2D eigenvalue weighted by atomic mass is 10.1. The molecule has 1 rings (SSSR count). The smallest absolute Gasteiger partial charge is 0.137 e. The highest BCUT2D eigenvalue weighted by Gasteiger charge is 2.03. The van der Waals surface area contributed by atoms with E-state index < -0.39 is 0 Å². The van der Waals surface area contributed by atoms with Crippen molar-refractivity contribution in [3.63, 3.8) is 0 Å².